The Hall–Kier alpha value is -1.59. The number of rotatable bonds is 6. The van der Waals surface area contributed by atoms with E-state index in [1.807, 2.05) is 11.8 Å². The quantitative estimate of drug-likeness (QED) is 0.783. The zero-order valence-corrected chi connectivity index (χ0v) is 10.3. The summed E-state index contributed by atoms with van der Waals surface area (Å²) in [4.78, 5) is 14.7. The van der Waals surface area contributed by atoms with E-state index in [0.717, 1.165) is 19.6 Å². The molecule has 1 heterocycles. The van der Waals surface area contributed by atoms with Crippen LogP contribution in [-0.2, 0) is 0 Å². The summed E-state index contributed by atoms with van der Waals surface area (Å²) in [5.41, 5.74) is 0. The zero-order valence-electron chi connectivity index (χ0n) is 10.3. The average Bonchev–Trinajstić information content (AvgIpc) is 2.31. The Kier molecular flexibility index (Phi) is 4.75. The van der Waals surface area contributed by atoms with Crippen molar-refractivity contribution in [1.82, 2.24) is 15.0 Å². The monoisotopic (exact) mass is 225 g/mol. The van der Waals surface area contributed by atoms with E-state index in [2.05, 4.69) is 34.1 Å². The second-order valence-electron chi connectivity index (χ2n) is 3.15. The van der Waals surface area contributed by atoms with Crippen molar-refractivity contribution in [2.45, 2.75) is 20.8 Å². The Morgan fingerprint density at radius 2 is 1.81 bits per heavy atom. The van der Waals surface area contributed by atoms with Gasteiger partial charge in [0, 0.05) is 19.6 Å². The molecule has 0 saturated carbocycles. The van der Waals surface area contributed by atoms with Gasteiger partial charge in [-0.2, -0.15) is 15.0 Å². The van der Waals surface area contributed by atoms with E-state index in [4.69, 9.17) is 4.74 Å². The molecule has 1 rings (SSSR count). The third kappa shape index (κ3) is 2.95. The molecule has 0 spiro atoms. The van der Waals surface area contributed by atoms with Gasteiger partial charge in [0.1, 0.15) is 0 Å². The Morgan fingerprint density at radius 3 is 2.31 bits per heavy atom. The van der Waals surface area contributed by atoms with Crippen LogP contribution in [0, 0.1) is 0 Å². The normalized spacial score (nSPS) is 10.0. The van der Waals surface area contributed by atoms with Gasteiger partial charge in [0.15, 0.2) is 0 Å². The largest absolute Gasteiger partial charge is 0.467 e. The van der Waals surface area contributed by atoms with E-state index >= 15 is 0 Å². The highest BCUT2D eigenvalue weighted by Gasteiger charge is 2.10. The molecule has 0 aliphatic carbocycles. The molecule has 0 aromatic carbocycles. The molecule has 0 fully saturated rings. The number of nitrogens with zero attached hydrogens (tertiary/aromatic N) is 4. The Morgan fingerprint density at radius 1 is 1.12 bits per heavy atom. The van der Waals surface area contributed by atoms with Gasteiger partial charge >= 0.3 is 6.01 Å². The first-order valence-corrected chi connectivity index (χ1v) is 5.53. The molecule has 1 aromatic heterocycles. The Labute approximate surface area is 96.1 Å². The molecule has 0 bridgehead atoms. The van der Waals surface area contributed by atoms with Crippen LogP contribution in [0.5, 0.6) is 6.01 Å². The highest BCUT2D eigenvalue weighted by Crippen LogP contribution is 2.14. The summed E-state index contributed by atoms with van der Waals surface area (Å²) >= 11 is 0. The van der Waals surface area contributed by atoms with Gasteiger partial charge in [-0.05, 0) is 20.8 Å². The molecule has 6 nitrogen and oxygen atoms in total. The van der Waals surface area contributed by atoms with E-state index < -0.39 is 0 Å². The number of aromatic nitrogens is 3. The van der Waals surface area contributed by atoms with Gasteiger partial charge in [-0.1, -0.05) is 0 Å². The highest BCUT2D eigenvalue weighted by molar-refractivity contribution is 5.38. The molecule has 0 radical (unpaired) electrons. The molecule has 0 aliphatic rings. The van der Waals surface area contributed by atoms with Crippen LogP contribution in [0.1, 0.15) is 20.8 Å². The SMILES string of the molecule is CCNc1nc(OC)nc(N(CC)CC)n1. The number of anilines is 2. The van der Waals surface area contributed by atoms with Crippen LogP contribution in [0.2, 0.25) is 0 Å². The van der Waals surface area contributed by atoms with E-state index in [9.17, 15) is 0 Å². The molecule has 1 aromatic rings. The number of hydrogen-bond donors (Lipinski definition) is 1. The van der Waals surface area contributed by atoms with Crippen LogP contribution in [0.3, 0.4) is 0 Å². The van der Waals surface area contributed by atoms with Crippen molar-refractivity contribution in [3.63, 3.8) is 0 Å². The molecule has 0 saturated heterocycles. The number of nitrogens with one attached hydrogen (secondary N) is 1. The fraction of sp³-hybridized carbons (Fsp3) is 0.700. The van der Waals surface area contributed by atoms with Gasteiger partial charge in [0.05, 0.1) is 7.11 Å². The molecule has 6 heteroatoms. The van der Waals surface area contributed by atoms with E-state index in [0.29, 0.717) is 17.9 Å². The first kappa shape index (κ1) is 12.5. The zero-order chi connectivity index (χ0) is 12.0. The summed E-state index contributed by atoms with van der Waals surface area (Å²) in [5.74, 6) is 1.20. The van der Waals surface area contributed by atoms with Crippen molar-refractivity contribution in [3.8, 4) is 6.01 Å². The molecule has 0 atom stereocenters. The maximum atomic E-state index is 5.05. The Bertz CT molecular complexity index is 327. The van der Waals surface area contributed by atoms with Crippen molar-refractivity contribution in [3.05, 3.63) is 0 Å². The van der Waals surface area contributed by atoms with Crippen LogP contribution >= 0.6 is 0 Å². The number of hydrogen-bond acceptors (Lipinski definition) is 6. The highest BCUT2D eigenvalue weighted by atomic mass is 16.5. The lowest BCUT2D eigenvalue weighted by molar-refractivity contribution is 0.378. The summed E-state index contributed by atoms with van der Waals surface area (Å²) < 4.78 is 5.05. The fourth-order valence-electron chi connectivity index (χ4n) is 1.32. The third-order valence-corrected chi connectivity index (χ3v) is 2.17. The van der Waals surface area contributed by atoms with Crippen LogP contribution in [0.25, 0.3) is 0 Å². The summed E-state index contributed by atoms with van der Waals surface area (Å²) in [6.45, 7) is 8.60. The second kappa shape index (κ2) is 6.09. The van der Waals surface area contributed by atoms with Crippen molar-refractivity contribution >= 4 is 11.9 Å². The lowest BCUT2D eigenvalue weighted by Crippen LogP contribution is -2.25. The maximum Gasteiger partial charge on any atom is 0.322 e. The predicted octanol–water partition coefficient (Wildman–Crippen LogP) is 1.16. The van der Waals surface area contributed by atoms with Crippen LogP contribution < -0.4 is 15.0 Å². The first-order chi connectivity index (χ1) is 7.74. The molecule has 0 aliphatic heterocycles. The lowest BCUT2D eigenvalue weighted by Gasteiger charge is -2.19. The summed E-state index contributed by atoms with van der Waals surface area (Å²) in [6, 6.07) is 0.341. The van der Waals surface area contributed by atoms with Gasteiger partial charge in [-0.25, -0.2) is 0 Å². The van der Waals surface area contributed by atoms with Gasteiger partial charge in [0.2, 0.25) is 11.9 Å². The van der Waals surface area contributed by atoms with Gasteiger partial charge in [-0.15, -0.1) is 0 Å². The van der Waals surface area contributed by atoms with Crippen molar-refractivity contribution in [2.75, 3.05) is 37.0 Å². The van der Waals surface area contributed by atoms with Gasteiger partial charge in [0.25, 0.3) is 0 Å². The summed E-state index contributed by atoms with van der Waals surface area (Å²) in [6.07, 6.45) is 0. The molecular weight excluding hydrogens is 206 g/mol. The van der Waals surface area contributed by atoms with Crippen molar-refractivity contribution < 1.29 is 4.74 Å². The molecule has 1 N–H and O–H groups in total. The van der Waals surface area contributed by atoms with Gasteiger partial charge in [-0.3, -0.25) is 0 Å². The van der Waals surface area contributed by atoms with Crippen LogP contribution in [-0.4, -0.2) is 41.7 Å². The molecule has 16 heavy (non-hydrogen) atoms. The second-order valence-corrected chi connectivity index (χ2v) is 3.15. The van der Waals surface area contributed by atoms with E-state index in [-0.39, 0.29) is 0 Å². The minimum atomic E-state index is 0.341. The number of ether oxygens (including phenoxy) is 1. The third-order valence-electron chi connectivity index (χ3n) is 2.17. The standard InChI is InChI=1S/C10H19N5O/c1-5-11-8-12-9(15(6-2)7-3)14-10(13-8)16-4/h5-7H2,1-4H3,(H,11,12,13,14). The fourth-order valence-corrected chi connectivity index (χ4v) is 1.32. The van der Waals surface area contributed by atoms with Crippen LogP contribution in [0.15, 0.2) is 0 Å². The van der Waals surface area contributed by atoms with Crippen LogP contribution in [0.4, 0.5) is 11.9 Å². The maximum absolute atomic E-state index is 5.05. The molecule has 90 valence electrons. The minimum Gasteiger partial charge on any atom is -0.467 e. The molecule has 0 amide bonds. The predicted molar refractivity (Wildman–Crippen MR) is 64.1 cm³/mol. The number of methoxy groups -OCH3 is 1. The minimum absolute atomic E-state index is 0.341. The summed E-state index contributed by atoms with van der Waals surface area (Å²) in [5, 5.41) is 3.06. The summed E-state index contributed by atoms with van der Waals surface area (Å²) in [7, 11) is 1.55. The Balaban J connectivity index is 3.02. The molecular formula is C10H19N5O. The van der Waals surface area contributed by atoms with Gasteiger partial charge < -0.3 is 15.0 Å². The van der Waals surface area contributed by atoms with E-state index in [1.54, 1.807) is 7.11 Å². The molecule has 0 unspecified atom stereocenters. The lowest BCUT2D eigenvalue weighted by atomic mass is 10.5. The topological polar surface area (TPSA) is 63.2 Å². The smallest absolute Gasteiger partial charge is 0.322 e. The van der Waals surface area contributed by atoms with E-state index in [1.165, 1.54) is 0 Å². The first-order valence-electron chi connectivity index (χ1n) is 5.53. The van der Waals surface area contributed by atoms with Crippen molar-refractivity contribution in [2.24, 2.45) is 0 Å². The average molecular weight is 225 g/mol. The van der Waals surface area contributed by atoms with Crippen molar-refractivity contribution in [1.29, 1.82) is 0 Å².